The van der Waals surface area contributed by atoms with Crippen molar-refractivity contribution in [1.29, 1.82) is 0 Å². The maximum absolute atomic E-state index is 10.7. The summed E-state index contributed by atoms with van der Waals surface area (Å²) in [6.45, 7) is 1.01. The molecular formula is C9H14N2O. The molecule has 0 aliphatic rings. The highest BCUT2D eigenvalue weighted by Gasteiger charge is 1.91. The first-order chi connectivity index (χ1) is 5.83. The summed E-state index contributed by atoms with van der Waals surface area (Å²) in [6, 6.07) is 3.43. The molecule has 66 valence electrons. The zero-order valence-corrected chi connectivity index (χ0v) is 7.26. The van der Waals surface area contributed by atoms with Crippen LogP contribution < -0.4 is 10.9 Å². The molecule has 0 fully saturated rings. The largest absolute Gasteiger partial charge is 0.329 e. The summed E-state index contributed by atoms with van der Waals surface area (Å²) in [5.41, 5.74) is 1.15. The Kier molecular flexibility index (Phi) is 3.54. The second-order valence-corrected chi connectivity index (χ2v) is 2.77. The molecule has 0 aliphatic heterocycles. The average Bonchev–Trinajstić information content (AvgIpc) is 2.09. The fourth-order valence-corrected chi connectivity index (χ4v) is 1.07. The van der Waals surface area contributed by atoms with Crippen LogP contribution in [0.1, 0.15) is 12.0 Å². The highest BCUT2D eigenvalue weighted by molar-refractivity contribution is 5.08. The van der Waals surface area contributed by atoms with E-state index in [1.165, 1.54) is 5.56 Å². The van der Waals surface area contributed by atoms with E-state index in [2.05, 4.69) is 10.3 Å². The van der Waals surface area contributed by atoms with E-state index < -0.39 is 0 Å². The minimum Gasteiger partial charge on any atom is -0.329 e. The van der Waals surface area contributed by atoms with Crippen LogP contribution in [0.4, 0.5) is 0 Å². The molecule has 3 heteroatoms. The van der Waals surface area contributed by atoms with Crippen LogP contribution in [0, 0.1) is 0 Å². The van der Waals surface area contributed by atoms with Gasteiger partial charge >= 0.3 is 0 Å². The van der Waals surface area contributed by atoms with E-state index in [-0.39, 0.29) is 5.56 Å². The molecular weight excluding hydrogens is 152 g/mol. The molecule has 0 amide bonds. The Hall–Kier alpha value is -1.09. The van der Waals surface area contributed by atoms with Crippen molar-refractivity contribution < 1.29 is 0 Å². The van der Waals surface area contributed by atoms with Crippen molar-refractivity contribution in [2.24, 2.45) is 0 Å². The molecule has 0 bridgehead atoms. The smallest absolute Gasteiger partial charge is 0.247 e. The van der Waals surface area contributed by atoms with Crippen molar-refractivity contribution in [1.82, 2.24) is 10.3 Å². The van der Waals surface area contributed by atoms with Gasteiger partial charge in [-0.15, -0.1) is 0 Å². The standard InChI is InChI=1S/C9H14N2O/c1-10-6-2-3-8-4-5-9(12)11-7-8/h4-5,7,10H,2-3,6H2,1H3,(H,11,12). The summed E-state index contributed by atoms with van der Waals surface area (Å²) in [7, 11) is 1.94. The summed E-state index contributed by atoms with van der Waals surface area (Å²) in [5.74, 6) is 0. The predicted octanol–water partition coefficient (Wildman–Crippen LogP) is 0.527. The minimum atomic E-state index is -0.0348. The van der Waals surface area contributed by atoms with Gasteiger partial charge in [-0.2, -0.15) is 0 Å². The van der Waals surface area contributed by atoms with Gasteiger partial charge in [0, 0.05) is 12.3 Å². The monoisotopic (exact) mass is 166 g/mol. The van der Waals surface area contributed by atoms with Gasteiger partial charge in [0.15, 0.2) is 0 Å². The van der Waals surface area contributed by atoms with Crippen LogP contribution in [0.3, 0.4) is 0 Å². The molecule has 0 aromatic carbocycles. The fourth-order valence-electron chi connectivity index (χ4n) is 1.07. The Morgan fingerprint density at radius 1 is 1.50 bits per heavy atom. The Morgan fingerprint density at radius 3 is 2.92 bits per heavy atom. The third-order valence-electron chi connectivity index (χ3n) is 1.74. The lowest BCUT2D eigenvalue weighted by atomic mass is 10.1. The van der Waals surface area contributed by atoms with E-state index in [1.54, 1.807) is 12.3 Å². The summed E-state index contributed by atoms with van der Waals surface area (Å²) >= 11 is 0. The highest BCUT2D eigenvalue weighted by atomic mass is 16.1. The maximum atomic E-state index is 10.7. The van der Waals surface area contributed by atoms with Gasteiger partial charge < -0.3 is 10.3 Å². The summed E-state index contributed by atoms with van der Waals surface area (Å²) < 4.78 is 0. The van der Waals surface area contributed by atoms with Gasteiger partial charge in [-0.05, 0) is 32.0 Å². The Balaban J connectivity index is 2.42. The highest BCUT2D eigenvalue weighted by Crippen LogP contribution is 1.96. The van der Waals surface area contributed by atoms with Crippen LogP contribution in [0.5, 0.6) is 0 Å². The van der Waals surface area contributed by atoms with Crippen LogP contribution in [0.15, 0.2) is 23.1 Å². The van der Waals surface area contributed by atoms with Gasteiger partial charge in [0.2, 0.25) is 5.56 Å². The first-order valence-electron chi connectivity index (χ1n) is 4.15. The van der Waals surface area contributed by atoms with Gasteiger partial charge in [-0.25, -0.2) is 0 Å². The molecule has 1 rings (SSSR count). The first kappa shape index (κ1) is 9.00. The molecule has 0 unspecified atom stereocenters. The van der Waals surface area contributed by atoms with Gasteiger partial charge in [0.05, 0.1) is 0 Å². The zero-order chi connectivity index (χ0) is 8.81. The van der Waals surface area contributed by atoms with Crippen molar-refractivity contribution in [2.45, 2.75) is 12.8 Å². The molecule has 12 heavy (non-hydrogen) atoms. The number of rotatable bonds is 4. The number of pyridine rings is 1. The number of aromatic nitrogens is 1. The van der Waals surface area contributed by atoms with Crippen molar-refractivity contribution in [3.8, 4) is 0 Å². The van der Waals surface area contributed by atoms with Crippen LogP contribution in [-0.2, 0) is 6.42 Å². The first-order valence-corrected chi connectivity index (χ1v) is 4.15. The number of aromatic amines is 1. The molecule has 0 radical (unpaired) electrons. The SMILES string of the molecule is CNCCCc1ccc(=O)[nH]c1. The van der Waals surface area contributed by atoms with Gasteiger partial charge in [-0.3, -0.25) is 4.79 Å². The quantitative estimate of drug-likeness (QED) is 0.641. The van der Waals surface area contributed by atoms with Gasteiger partial charge in [0.25, 0.3) is 0 Å². The molecule has 1 aromatic heterocycles. The zero-order valence-electron chi connectivity index (χ0n) is 7.26. The Labute approximate surface area is 71.8 Å². The van der Waals surface area contributed by atoms with Crippen molar-refractivity contribution in [2.75, 3.05) is 13.6 Å². The maximum Gasteiger partial charge on any atom is 0.247 e. The minimum absolute atomic E-state index is 0.0348. The number of nitrogens with one attached hydrogen (secondary N) is 2. The lowest BCUT2D eigenvalue weighted by Crippen LogP contribution is -2.09. The molecule has 1 heterocycles. The van der Waals surface area contributed by atoms with Gasteiger partial charge in [-0.1, -0.05) is 6.07 Å². The van der Waals surface area contributed by atoms with E-state index in [4.69, 9.17) is 0 Å². The summed E-state index contributed by atoms with van der Waals surface area (Å²) in [5, 5.41) is 3.08. The van der Waals surface area contributed by atoms with Crippen LogP contribution >= 0.6 is 0 Å². The van der Waals surface area contributed by atoms with E-state index >= 15 is 0 Å². The molecule has 0 aliphatic carbocycles. The second kappa shape index (κ2) is 4.72. The lowest BCUT2D eigenvalue weighted by Gasteiger charge is -1.99. The van der Waals surface area contributed by atoms with Crippen LogP contribution in [-0.4, -0.2) is 18.6 Å². The van der Waals surface area contributed by atoms with E-state index in [0.717, 1.165) is 19.4 Å². The van der Waals surface area contributed by atoms with E-state index in [0.29, 0.717) is 0 Å². The molecule has 0 saturated heterocycles. The molecule has 0 atom stereocenters. The predicted molar refractivity (Wildman–Crippen MR) is 49.3 cm³/mol. The molecule has 1 aromatic rings. The Morgan fingerprint density at radius 2 is 2.33 bits per heavy atom. The average molecular weight is 166 g/mol. The molecule has 0 saturated carbocycles. The third kappa shape index (κ3) is 2.88. The third-order valence-corrected chi connectivity index (χ3v) is 1.74. The summed E-state index contributed by atoms with van der Waals surface area (Å²) in [4.78, 5) is 13.3. The normalized spacial score (nSPS) is 10.1. The number of hydrogen-bond donors (Lipinski definition) is 2. The molecule has 3 nitrogen and oxygen atoms in total. The summed E-state index contributed by atoms with van der Waals surface area (Å²) in [6.07, 6.45) is 3.89. The Bertz CT molecular complexity index is 260. The second-order valence-electron chi connectivity index (χ2n) is 2.77. The van der Waals surface area contributed by atoms with Gasteiger partial charge in [0.1, 0.15) is 0 Å². The number of H-pyrrole nitrogens is 1. The molecule has 2 N–H and O–H groups in total. The van der Waals surface area contributed by atoms with E-state index in [9.17, 15) is 4.79 Å². The number of aryl methyl sites for hydroxylation is 1. The number of hydrogen-bond acceptors (Lipinski definition) is 2. The van der Waals surface area contributed by atoms with Crippen molar-refractivity contribution >= 4 is 0 Å². The van der Waals surface area contributed by atoms with Crippen molar-refractivity contribution in [3.63, 3.8) is 0 Å². The van der Waals surface area contributed by atoms with Crippen molar-refractivity contribution in [3.05, 3.63) is 34.2 Å². The lowest BCUT2D eigenvalue weighted by molar-refractivity contribution is 0.723. The fraction of sp³-hybridized carbons (Fsp3) is 0.444. The van der Waals surface area contributed by atoms with E-state index in [1.807, 2.05) is 13.1 Å². The topological polar surface area (TPSA) is 44.9 Å². The van der Waals surface area contributed by atoms with Crippen LogP contribution in [0.2, 0.25) is 0 Å². The molecule has 0 spiro atoms. The van der Waals surface area contributed by atoms with Crippen LogP contribution in [0.25, 0.3) is 0 Å².